The summed E-state index contributed by atoms with van der Waals surface area (Å²) in [7, 11) is 1.82. The third kappa shape index (κ3) is 4.60. The van der Waals surface area contributed by atoms with E-state index in [1.807, 2.05) is 20.2 Å². The third-order valence-corrected chi connectivity index (χ3v) is 5.49. The highest BCUT2D eigenvalue weighted by Crippen LogP contribution is 2.49. The highest BCUT2D eigenvalue weighted by Gasteiger charge is 2.45. The fraction of sp³-hybridized carbons (Fsp3) is 0.400. The fourth-order valence-electron chi connectivity index (χ4n) is 3.03. The SMILES string of the molecule is CN=C(NCCc1ccc(C)nc1)NCC1(c2ccccc2Br)CC1. The van der Waals surface area contributed by atoms with Gasteiger partial charge in [-0.25, -0.2) is 0 Å². The number of aromatic nitrogens is 1. The molecule has 3 rings (SSSR count). The first-order chi connectivity index (χ1) is 12.1. The van der Waals surface area contributed by atoms with E-state index in [-0.39, 0.29) is 5.41 Å². The molecule has 1 aliphatic carbocycles. The minimum atomic E-state index is 0.235. The molecule has 1 fully saturated rings. The number of nitrogens with zero attached hydrogens (tertiary/aromatic N) is 2. The van der Waals surface area contributed by atoms with Crippen LogP contribution in [0.3, 0.4) is 0 Å². The van der Waals surface area contributed by atoms with Crippen molar-refractivity contribution in [2.24, 2.45) is 4.99 Å². The molecule has 1 aromatic heterocycles. The summed E-state index contributed by atoms with van der Waals surface area (Å²) in [5.41, 5.74) is 3.92. The number of guanidine groups is 1. The topological polar surface area (TPSA) is 49.3 Å². The monoisotopic (exact) mass is 400 g/mol. The molecule has 1 aromatic carbocycles. The van der Waals surface area contributed by atoms with E-state index >= 15 is 0 Å². The Balaban J connectivity index is 1.50. The number of halogens is 1. The van der Waals surface area contributed by atoms with Crippen LogP contribution in [0.25, 0.3) is 0 Å². The fourth-order valence-corrected chi connectivity index (χ4v) is 3.73. The molecule has 0 atom stereocenters. The summed E-state index contributed by atoms with van der Waals surface area (Å²) in [6, 6.07) is 12.7. The minimum Gasteiger partial charge on any atom is -0.356 e. The standard InChI is InChI=1S/C20H25BrN4/c1-15-7-8-16(13-24-15)9-12-23-19(22-2)25-14-20(10-11-20)17-5-3-4-6-18(17)21/h3-8,13H,9-12,14H2,1-2H3,(H2,22,23,25). The average Bonchev–Trinajstić information content (AvgIpc) is 3.41. The van der Waals surface area contributed by atoms with Crippen LogP contribution in [-0.2, 0) is 11.8 Å². The molecular formula is C20H25BrN4. The molecule has 0 spiro atoms. The van der Waals surface area contributed by atoms with Crippen LogP contribution in [0.5, 0.6) is 0 Å². The first-order valence-corrected chi connectivity index (χ1v) is 9.53. The van der Waals surface area contributed by atoms with E-state index in [4.69, 9.17) is 0 Å². The lowest BCUT2D eigenvalue weighted by atomic mass is 9.96. The van der Waals surface area contributed by atoms with E-state index in [1.54, 1.807) is 0 Å². The Bertz CT molecular complexity index is 736. The summed E-state index contributed by atoms with van der Waals surface area (Å²) >= 11 is 3.69. The van der Waals surface area contributed by atoms with Crippen LogP contribution in [0.15, 0.2) is 52.1 Å². The molecule has 0 unspecified atom stereocenters. The van der Waals surface area contributed by atoms with Crippen molar-refractivity contribution < 1.29 is 0 Å². The molecule has 0 amide bonds. The van der Waals surface area contributed by atoms with Gasteiger partial charge in [-0.3, -0.25) is 9.98 Å². The van der Waals surface area contributed by atoms with Crippen molar-refractivity contribution in [2.45, 2.75) is 31.6 Å². The lowest BCUT2D eigenvalue weighted by Gasteiger charge is -2.20. The maximum atomic E-state index is 4.35. The summed E-state index contributed by atoms with van der Waals surface area (Å²) in [6.45, 7) is 3.75. The number of hydrogen-bond donors (Lipinski definition) is 2. The summed E-state index contributed by atoms with van der Waals surface area (Å²) in [6.07, 6.45) is 5.31. The normalized spacial score (nSPS) is 15.7. The van der Waals surface area contributed by atoms with Gasteiger partial charge in [-0.15, -0.1) is 0 Å². The van der Waals surface area contributed by atoms with E-state index in [0.29, 0.717) is 0 Å². The van der Waals surface area contributed by atoms with Crippen molar-refractivity contribution in [1.82, 2.24) is 15.6 Å². The van der Waals surface area contributed by atoms with Crippen molar-refractivity contribution in [2.75, 3.05) is 20.1 Å². The molecule has 4 nitrogen and oxygen atoms in total. The lowest BCUT2D eigenvalue weighted by Crippen LogP contribution is -2.42. The molecule has 5 heteroatoms. The Kier molecular flexibility index (Phi) is 5.74. The van der Waals surface area contributed by atoms with Crippen LogP contribution in [-0.4, -0.2) is 31.1 Å². The molecule has 1 aliphatic rings. The number of nitrogens with one attached hydrogen (secondary N) is 2. The van der Waals surface area contributed by atoms with Crippen LogP contribution in [0.2, 0.25) is 0 Å². The van der Waals surface area contributed by atoms with Gasteiger partial charge in [0.05, 0.1) is 0 Å². The predicted molar refractivity (Wildman–Crippen MR) is 107 cm³/mol. The Hall–Kier alpha value is -1.88. The van der Waals surface area contributed by atoms with Gasteiger partial charge in [-0.2, -0.15) is 0 Å². The average molecular weight is 401 g/mol. The van der Waals surface area contributed by atoms with Crippen LogP contribution in [0.1, 0.15) is 29.7 Å². The molecule has 1 heterocycles. The molecular weight excluding hydrogens is 376 g/mol. The molecule has 2 aromatic rings. The molecule has 25 heavy (non-hydrogen) atoms. The van der Waals surface area contributed by atoms with Gasteiger partial charge in [-0.1, -0.05) is 40.2 Å². The number of aliphatic imine (C=N–C) groups is 1. The summed E-state index contributed by atoms with van der Waals surface area (Å²) in [5, 5.41) is 6.89. The van der Waals surface area contributed by atoms with E-state index in [0.717, 1.165) is 31.2 Å². The second kappa shape index (κ2) is 8.00. The number of pyridine rings is 1. The van der Waals surface area contributed by atoms with Crippen LogP contribution in [0, 0.1) is 6.92 Å². The van der Waals surface area contributed by atoms with Crippen molar-refractivity contribution in [3.8, 4) is 0 Å². The van der Waals surface area contributed by atoms with E-state index in [9.17, 15) is 0 Å². The maximum Gasteiger partial charge on any atom is 0.191 e. The quantitative estimate of drug-likeness (QED) is 0.575. The summed E-state index contributed by atoms with van der Waals surface area (Å²) in [4.78, 5) is 8.69. The molecule has 0 saturated heterocycles. The molecule has 0 radical (unpaired) electrons. The van der Waals surface area contributed by atoms with Crippen molar-refractivity contribution >= 4 is 21.9 Å². The van der Waals surface area contributed by atoms with Gasteiger partial charge >= 0.3 is 0 Å². The van der Waals surface area contributed by atoms with Crippen LogP contribution < -0.4 is 10.6 Å². The second-order valence-electron chi connectivity index (χ2n) is 6.67. The smallest absolute Gasteiger partial charge is 0.191 e. The van der Waals surface area contributed by atoms with E-state index < -0.39 is 0 Å². The van der Waals surface area contributed by atoms with Crippen LogP contribution in [0.4, 0.5) is 0 Å². The highest BCUT2D eigenvalue weighted by atomic mass is 79.9. The van der Waals surface area contributed by atoms with E-state index in [1.165, 1.54) is 28.4 Å². The van der Waals surface area contributed by atoms with Crippen molar-refractivity contribution in [3.63, 3.8) is 0 Å². The first kappa shape index (κ1) is 17.9. The number of hydrogen-bond acceptors (Lipinski definition) is 2. The van der Waals surface area contributed by atoms with E-state index in [2.05, 4.69) is 72.9 Å². The van der Waals surface area contributed by atoms with Gasteiger partial charge in [0.15, 0.2) is 5.96 Å². The van der Waals surface area contributed by atoms with Crippen molar-refractivity contribution in [3.05, 3.63) is 63.9 Å². The molecule has 2 N–H and O–H groups in total. The third-order valence-electron chi connectivity index (χ3n) is 4.80. The Morgan fingerprint density at radius 2 is 2.00 bits per heavy atom. The van der Waals surface area contributed by atoms with Gasteiger partial charge in [0.25, 0.3) is 0 Å². The molecule has 0 bridgehead atoms. The van der Waals surface area contributed by atoms with Gasteiger partial charge in [0, 0.05) is 41.9 Å². The van der Waals surface area contributed by atoms with Gasteiger partial charge in [0.2, 0.25) is 0 Å². The van der Waals surface area contributed by atoms with Gasteiger partial charge in [0.1, 0.15) is 0 Å². The Morgan fingerprint density at radius 1 is 1.20 bits per heavy atom. The van der Waals surface area contributed by atoms with Gasteiger partial charge in [-0.05, 0) is 49.4 Å². The van der Waals surface area contributed by atoms with Crippen LogP contribution >= 0.6 is 15.9 Å². The first-order valence-electron chi connectivity index (χ1n) is 8.74. The zero-order valence-corrected chi connectivity index (χ0v) is 16.4. The second-order valence-corrected chi connectivity index (χ2v) is 7.52. The Labute approximate surface area is 158 Å². The molecule has 1 saturated carbocycles. The largest absolute Gasteiger partial charge is 0.356 e. The summed E-state index contributed by atoms with van der Waals surface area (Å²) in [5.74, 6) is 0.860. The Morgan fingerprint density at radius 3 is 2.64 bits per heavy atom. The number of rotatable bonds is 6. The zero-order valence-electron chi connectivity index (χ0n) is 14.8. The minimum absolute atomic E-state index is 0.235. The molecule has 132 valence electrons. The van der Waals surface area contributed by atoms with Crippen molar-refractivity contribution in [1.29, 1.82) is 0 Å². The highest BCUT2D eigenvalue weighted by molar-refractivity contribution is 9.10. The summed E-state index contributed by atoms with van der Waals surface area (Å²) < 4.78 is 1.20. The maximum absolute atomic E-state index is 4.35. The number of benzene rings is 1. The predicted octanol–water partition coefficient (Wildman–Crippen LogP) is 3.59. The number of aryl methyl sites for hydroxylation is 1. The van der Waals surface area contributed by atoms with Gasteiger partial charge < -0.3 is 10.6 Å². The lowest BCUT2D eigenvalue weighted by molar-refractivity contribution is 0.643. The molecule has 0 aliphatic heterocycles. The zero-order chi connectivity index (χ0) is 17.7.